The molecule has 0 bridgehead atoms. The molecular formula is C19H15F2NO4. The Hall–Kier alpha value is -3.22. The molecule has 3 rings (SSSR count). The molecule has 0 aromatic heterocycles. The number of ether oxygens (including phenoxy) is 2. The Kier molecular flexibility index (Phi) is 5.26. The lowest BCUT2D eigenvalue weighted by atomic mass is 10.1. The van der Waals surface area contributed by atoms with Crippen LogP contribution in [0.3, 0.4) is 0 Å². The molecule has 0 atom stereocenters. The van der Waals surface area contributed by atoms with Gasteiger partial charge in [0.2, 0.25) is 0 Å². The number of allylic oxidation sites excluding steroid dienone is 1. The van der Waals surface area contributed by atoms with Gasteiger partial charge in [0.15, 0.2) is 5.78 Å². The number of hydrogen-bond donors (Lipinski definition) is 0. The van der Waals surface area contributed by atoms with Crippen molar-refractivity contribution in [3.63, 3.8) is 0 Å². The number of alkyl halides is 2. The lowest BCUT2D eigenvalue weighted by Crippen LogP contribution is -2.23. The van der Waals surface area contributed by atoms with Crippen LogP contribution in [0.5, 0.6) is 5.75 Å². The number of nitrogens with zero attached hydrogens (tertiary/aromatic N) is 1. The molecule has 134 valence electrons. The van der Waals surface area contributed by atoms with Crippen LogP contribution in [0.25, 0.3) is 6.08 Å². The third kappa shape index (κ3) is 4.24. The second kappa shape index (κ2) is 7.77. The Labute approximate surface area is 148 Å². The fraction of sp³-hybridized carbons (Fsp3) is 0.158. The van der Waals surface area contributed by atoms with Crippen LogP contribution in [0.2, 0.25) is 0 Å². The maximum Gasteiger partial charge on any atom is 0.414 e. The predicted octanol–water partition coefficient (Wildman–Crippen LogP) is 4.14. The molecule has 2 aromatic rings. The topological polar surface area (TPSA) is 55.8 Å². The monoisotopic (exact) mass is 359 g/mol. The molecule has 0 N–H and O–H groups in total. The first-order valence-electron chi connectivity index (χ1n) is 7.84. The van der Waals surface area contributed by atoms with Crippen molar-refractivity contribution in [2.45, 2.75) is 6.61 Å². The van der Waals surface area contributed by atoms with E-state index in [4.69, 9.17) is 4.74 Å². The maximum absolute atomic E-state index is 12.3. The smallest absolute Gasteiger partial charge is 0.414 e. The number of benzene rings is 2. The zero-order valence-electron chi connectivity index (χ0n) is 13.6. The minimum Gasteiger partial charge on any atom is -0.447 e. The summed E-state index contributed by atoms with van der Waals surface area (Å²) in [4.78, 5) is 25.4. The summed E-state index contributed by atoms with van der Waals surface area (Å²) in [6.45, 7) is -2.11. The number of carbonyl (C=O) groups is 2. The number of halogens is 2. The van der Waals surface area contributed by atoms with Crippen molar-refractivity contribution in [3.05, 3.63) is 65.7 Å². The van der Waals surface area contributed by atoms with E-state index in [1.165, 1.54) is 23.1 Å². The standard InChI is InChI=1S/C19H15F2NO4/c20-18(21)26-16-7-4-13(5-8-16)6-9-17(23)14-2-1-3-15(12-14)22-10-11-25-19(22)24/h1-9,12,18H,10-11H2/b9-6+. The summed E-state index contributed by atoms with van der Waals surface area (Å²) in [5.41, 5.74) is 1.69. The number of hydrogen-bond acceptors (Lipinski definition) is 4. The van der Waals surface area contributed by atoms with Gasteiger partial charge in [-0.15, -0.1) is 0 Å². The van der Waals surface area contributed by atoms with Gasteiger partial charge in [0.1, 0.15) is 12.4 Å². The lowest BCUT2D eigenvalue weighted by molar-refractivity contribution is -0.0498. The van der Waals surface area contributed by atoms with E-state index in [1.807, 2.05) is 0 Å². The van der Waals surface area contributed by atoms with Gasteiger partial charge in [-0.3, -0.25) is 9.69 Å². The largest absolute Gasteiger partial charge is 0.447 e. The van der Waals surface area contributed by atoms with Crippen molar-refractivity contribution in [1.82, 2.24) is 0 Å². The van der Waals surface area contributed by atoms with Crippen molar-refractivity contribution in [2.75, 3.05) is 18.1 Å². The Morgan fingerprint density at radius 1 is 1.19 bits per heavy atom. The van der Waals surface area contributed by atoms with Crippen molar-refractivity contribution in [1.29, 1.82) is 0 Å². The summed E-state index contributed by atoms with van der Waals surface area (Å²) in [5.74, 6) is -0.194. The highest BCUT2D eigenvalue weighted by Gasteiger charge is 2.23. The molecule has 1 amide bonds. The number of cyclic esters (lactones) is 1. The van der Waals surface area contributed by atoms with E-state index in [0.29, 0.717) is 30.0 Å². The number of rotatable bonds is 6. The molecule has 0 radical (unpaired) electrons. The first kappa shape index (κ1) is 17.6. The van der Waals surface area contributed by atoms with Crippen molar-refractivity contribution in [3.8, 4) is 5.75 Å². The van der Waals surface area contributed by atoms with E-state index in [1.54, 1.807) is 42.5 Å². The normalized spacial score (nSPS) is 14.1. The molecule has 1 aliphatic rings. The zero-order chi connectivity index (χ0) is 18.5. The summed E-state index contributed by atoms with van der Waals surface area (Å²) in [6, 6.07) is 12.6. The van der Waals surface area contributed by atoms with Gasteiger partial charge in [-0.2, -0.15) is 8.78 Å². The van der Waals surface area contributed by atoms with Gasteiger partial charge in [0, 0.05) is 11.3 Å². The third-order valence-electron chi connectivity index (χ3n) is 3.74. The molecule has 1 fully saturated rings. The molecule has 1 heterocycles. The number of ketones is 1. The van der Waals surface area contributed by atoms with Crippen LogP contribution in [0.1, 0.15) is 15.9 Å². The minimum atomic E-state index is -2.88. The molecule has 1 saturated heterocycles. The molecule has 26 heavy (non-hydrogen) atoms. The fourth-order valence-electron chi connectivity index (χ4n) is 2.48. The van der Waals surface area contributed by atoms with Crippen LogP contribution < -0.4 is 9.64 Å². The fourth-order valence-corrected chi connectivity index (χ4v) is 2.48. The quantitative estimate of drug-likeness (QED) is 0.575. The van der Waals surface area contributed by atoms with E-state index in [-0.39, 0.29) is 11.5 Å². The molecular weight excluding hydrogens is 344 g/mol. The zero-order valence-corrected chi connectivity index (χ0v) is 13.6. The van der Waals surface area contributed by atoms with Gasteiger partial charge < -0.3 is 9.47 Å². The van der Waals surface area contributed by atoms with E-state index in [2.05, 4.69) is 4.74 Å². The van der Waals surface area contributed by atoms with Crippen LogP contribution in [0.4, 0.5) is 19.3 Å². The predicted molar refractivity (Wildman–Crippen MR) is 91.6 cm³/mol. The van der Waals surface area contributed by atoms with Gasteiger partial charge in [0.05, 0.1) is 6.54 Å². The second-order valence-electron chi connectivity index (χ2n) is 5.46. The van der Waals surface area contributed by atoms with Crippen LogP contribution in [0.15, 0.2) is 54.6 Å². The number of carbonyl (C=O) groups excluding carboxylic acids is 2. The lowest BCUT2D eigenvalue weighted by Gasteiger charge is -2.13. The molecule has 0 spiro atoms. The van der Waals surface area contributed by atoms with Crippen LogP contribution in [0, 0.1) is 0 Å². The molecule has 7 heteroatoms. The van der Waals surface area contributed by atoms with Gasteiger partial charge in [0.25, 0.3) is 0 Å². The SMILES string of the molecule is O=C(/C=C/c1ccc(OC(F)F)cc1)c1cccc(N2CCOC2=O)c1. The van der Waals surface area contributed by atoms with Crippen LogP contribution in [-0.4, -0.2) is 31.6 Å². The molecule has 0 saturated carbocycles. The van der Waals surface area contributed by atoms with E-state index in [0.717, 1.165) is 0 Å². The molecule has 1 aliphatic heterocycles. The van der Waals surface area contributed by atoms with Crippen molar-refractivity contribution in [2.24, 2.45) is 0 Å². The van der Waals surface area contributed by atoms with Crippen LogP contribution in [-0.2, 0) is 4.74 Å². The van der Waals surface area contributed by atoms with Gasteiger partial charge in [-0.1, -0.05) is 30.3 Å². The average molecular weight is 359 g/mol. The molecule has 0 unspecified atom stereocenters. The first-order chi connectivity index (χ1) is 12.5. The highest BCUT2D eigenvalue weighted by Crippen LogP contribution is 2.21. The second-order valence-corrected chi connectivity index (χ2v) is 5.46. The Balaban J connectivity index is 1.69. The van der Waals surface area contributed by atoms with E-state index < -0.39 is 12.7 Å². The van der Waals surface area contributed by atoms with E-state index >= 15 is 0 Å². The number of amides is 1. The summed E-state index contributed by atoms with van der Waals surface area (Å²) in [6.07, 6.45) is 2.52. The summed E-state index contributed by atoms with van der Waals surface area (Å²) < 4.78 is 33.4. The average Bonchev–Trinajstić information content (AvgIpc) is 3.06. The van der Waals surface area contributed by atoms with Gasteiger partial charge >= 0.3 is 12.7 Å². The maximum atomic E-state index is 12.3. The Morgan fingerprint density at radius 2 is 1.96 bits per heavy atom. The summed E-state index contributed by atoms with van der Waals surface area (Å²) in [5, 5.41) is 0. The van der Waals surface area contributed by atoms with Crippen molar-refractivity contribution < 1.29 is 27.8 Å². The highest BCUT2D eigenvalue weighted by atomic mass is 19.3. The van der Waals surface area contributed by atoms with Crippen LogP contribution >= 0.6 is 0 Å². The Morgan fingerprint density at radius 3 is 2.62 bits per heavy atom. The van der Waals surface area contributed by atoms with E-state index in [9.17, 15) is 18.4 Å². The van der Waals surface area contributed by atoms with Crippen molar-refractivity contribution >= 4 is 23.6 Å². The Bertz CT molecular complexity index is 834. The van der Waals surface area contributed by atoms with Gasteiger partial charge in [-0.25, -0.2) is 4.79 Å². The molecule has 2 aromatic carbocycles. The summed E-state index contributed by atoms with van der Waals surface area (Å²) >= 11 is 0. The third-order valence-corrected chi connectivity index (χ3v) is 3.74. The van der Waals surface area contributed by atoms with Gasteiger partial charge in [-0.05, 0) is 35.9 Å². The highest BCUT2D eigenvalue weighted by molar-refractivity contribution is 6.07. The summed E-state index contributed by atoms with van der Waals surface area (Å²) in [7, 11) is 0. The molecule has 5 nitrogen and oxygen atoms in total. The number of anilines is 1. The minimum absolute atomic E-state index is 0.0497. The first-order valence-corrected chi connectivity index (χ1v) is 7.84. The molecule has 0 aliphatic carbocycles.